The van der Waals surface area contributed by atoms with Crippen LogP contribution in [-0.4, -0.2) is 35.2 Å². The molecule has 0 atom stereocenters. The Morgan fingerprint density at radius 1 is 1.45 bits per heavy atom. The van der Waals surface area contributed by atoms with Crippen LogP contribution in [0, 0.1) is 10.1 Å². The molecular formula is C11H13N3O6. The summed E-state index contributed by atoms with van der Waals surface area (Å²) in [5.41, 5.74) is 4.20. The highest BCUT2D eigenvalue weighted by Crippen LogP contribution is 2.22. The maximum absolute atomic E-state index is 11.1. The molecule has 0 heterocycles. The van der Waals surface area contributed by atoms with Gasteiger partial charge in [-0.15, -0.1) is 0 Å². The molecule has 1 amide bonds. The maximum Gasteiger partial charge on any atom is 0.404 e. The number of carboxylic acid groups (broad SMARTS) is 1. The van der Waals surface area contributed by atoms with E-state index in [0.717, 1.165) is 6.07 Å². The van der Waals surface area contributed by atoms with Crippen LogP contribution in [0.1, 0.15) is 15.9 Å². The molecule has 0 radical (unpaired) electrons. The van der Waals surface area contributed by atoms with Crippen LogP contribution in [0.4, 0.5) is 10.5 Å². The topological polar surface area (TPSA) is 145 Å². The third-order valence-corrected chi connectivity index (χ3v) is 2.38. The maximum atomic E-state index is 11.1. The molecule has 0 bridgehead atoms. The summed E-state index contributed by atoms with van der Waals surface area (Å²) in [5, 5.41) is 22.6. The van der Waals surface area contributed by atoms with E-state index in [4.69, 9.17) is 10.8 Å². The Hall–Kier alpha value is -2.68. The lowest BCUT2D eigenvalue weighted by Gasteiger charge is -2.08. The van der Waals surface area contributed by atoms with Crippen LogP contribution in [0.5, 0.6) is 0 Å². The Bertz CT molecular complexity index is 531. The standard InChI is InChI=1S/C11H13N3O6/c12-11(17)20-5-4-13-6-7-2-1-3-8(14(18)19)9(7)10(15)16/h1-3,13H,4-6H2,(H2,12,17)(H,15,16). The van der Waals surface area contributed by atoms with Crippen LogP contribution >= 0.6 is 0 Å². The van der Waals surface area contributed by atoms with Gasteiger partial charge in [0.2, 0.25) is 0 Å². The van der Waals surface area contributed by atoms with Crippen LogP contribution in [0.2, 0.25) is 0 Å². The van der Waals surface area contributed by atoms with Gasteiger partial charge in [-0.1, -0.05) is 12.1 Å². The van der Waals surface area contributed by atoms with Crippen molar-refractivity contribution in [2.45, 2.75) is 6.54 Å². The number of amides is 1. The van der Waals surface area contributed by atoms with Gasteiger partial charge in [-0.2, -0.15) is 0 Å². The highest BCUT2D eigenvalue weighted by molar-refractivity contribution is 5.94. The molecule has 0 aliphatic carbocycles. The second-order valence-electron chi connectivity index (χ2n) is 3.72. The molecule has 0 aromatic heterocycles. The summed E-state index contributed by atoms with van der Waals surface area (Å²) < 4.78 is 4.47. The quantitative estimate of drug-likeness (QED) is 0.374. The number of nitrogens with zero attached hydrogens (tertiary/aromatic N) is 1. The average Bonchev–Trinajstić information content (AvgIpc) is 2.37. The minimum atomic E-state index is -1.37. The third kappa shape index (κ3) is 4.21. The largest absolute Gasteiger partial charge is 0.477 e. The van der Waals surface area contributed by atoms with Gasteiger partial charge in [0, 0.05) is 19.2 Å². The fraction of sp³-hybridized carbons (Fsp3) is 0.273. The lowest BCUT2D eigenvalue weighted by atomic mass is 10.1. The molecule has 0 aliphatic heterocycles. The molecule has 9 heteroatoms. The summed E-state index contributed by atoms with van der Waals surface area (Å²) in [5.74, 6) is -1.37. The van der Waals surface area contributed by atoms with Gasteiger partial charge >= 0.3 is 12.1 Å². The number of carboxylic acids is 1. The molecular weight excluding hydrogens is 270 g/mol. The molecule has 20 heavy (non-hydrogen) atoms. The Balaban J connectivity index is 2.74. The van der Waals surface area contributed by atoms with Gasteiger partial charge in [0.1, 0.15) is 12.2 Å². The van der Waals surface area contributed by atoms with Gasteiger partial charge in [0.25, 0.3) is 5.69 Å². The van der Waals surface area contributed by atoms with E-state index in [2.05, 4.69) is 10.1 Å². The molecule has 0 unspecified atom stereocenters. The summed E-state index contributed by atoms with van der Waals surface area (Å²) in [6, 6.07) is 4.00. The lowest BCUT2D eigenvalue weighted by molar-refractivity contribution is -0.385. The number of primary amides is 1. The molecule has 108 valence electrons. The number of aromatic carboxylic acids is 1. The summed E-state index contributed by atoms with van der Waals surface area (Å²) in [6.45, 7) is 0.350. The van der Waals surface area contributed by atoms with Gasteiger partial charge in [-0.3, -0.25) is 10.1 Å². The number of hydrogen-bond acceptors (Lipinski definition) is 6. The van der Waals surface area contributed by atoms with Crippen molar-refractivity contribution in [1.29, 1.82) is 0 Å². The van der Waals surface area contributed by atoms with Crippen LogP contribution in [0.15, 0.2) is 18.2 Å². The SMILES string of the molecule is NC(=O)OCCNCc1cccc([N+](=O)[O-])c1C(=O)O. The molecule has 1 aromatic carbocycles. The molecule has 0 aliphatic rings. The number of hydrogen-bond donors (Lipinski definition) is 3. The van der Waals surface area contributed by atoms with Gasteiger partial charge in [-0.05, 0) is 5.56 Å². The molecule has 9 nitrogen and oxygen atoms in total. The zero-order valence-electron chi connectivity index (χ0n) is 10.4. The first kappa shape index (κ1) is 15.4. The smallest absolute Gasteiger partial charge is 0.404 e. The molecule has 1 rings (SSSR count). The number of nitro groups is 1. The Labute approximate surface area is 113 Å². The van der Waals surface area contributed by atoms with E-state index in [1.165, 1.54) is 12.1 Å². The number of nitro benzene ring substituents is 1. The number of nitrogens with one attached hydrogen (secondary N) is 1. The van der Waals surface area contributed by atoms with E-state index in [9.17, 15) is 19.7 Å². The number of carbonyl (C=O) groups is 2. The van der Waals surface area contributed by atoms with Crippen LogP contribution < -0.4 is 11.1 Å². The number of benzene rings is 1. The first-order valence-corrected chi connectivity index (χ1v) is 5.56. The Morgan fingerprint density at radius 2 is 2.15 bits per heavy atom. The summed E-state index contributed by atoms with van der Waals surface area (Å²) in [4.78, 5) is 31.5. The summed E-state index contributed by atoms with van der Waals surface area (Å²) >= 11 is 0. The van der Waals surface area contributed by atoms with Crippen molar-refractivity contribution in [3.63, 3.8) is 0 Å². The second-order valence-corrected chi connectivity index (χ2v) is 3.72. The monoisotopic (exact) mass is 283 g/mol. The zero-order valence-corrected chi connectivity index (χ0v) is 10.4. The summed E-state index contributed by atoms with van der Waals surface area (Å²) in [7, 11) is 0. The van der Waals surface area contributed by atoms with Crippen molar-refractivity contribution in [2.24, 2.45) is 5.73 Å². The van der Waals surface area contributed by atoms with Crippen molar-refractivity contribution in [3.8, 4) is 0 Å². The van der Waals surface area contributed by atoms with Crippen molar-refractivity contribution in [3.05, 3.63) is 39.4 Å². The molecule has 0 saturated heterocycles. The molecule has 1 aromatic rings. The van der Waals surface area contributed by atoms with Crippen molar-refractivity contribution in [2.75, 3.05) is 13.2 Å². The van der Waals surface area contributed by atoms with E-state index in [0.29, 0.717) is 0 Å². The zero-order chi connectivity index (χ0) is 15.1. The van der Waals surface area contributed by atoms with Crippen molar-refractivity contribution >= 4 is 17.7 Å². The lowest BCUT2D eigenvalue weighted by Crippen LogP contribution is -2.24. The van der Waals surface area contributed by atoms with Crippen LogP contribution in [0.25, 0.3) is 0 Å². The predicted octanol–water partition coefficient (Wildman–Crippen LogP) is 0.478. The van der Waals surface area contributed by atoms with E-state index < -0.39 is 22.7 Å². The highest BCUT2D eigenvalue weighted by Gasteiger charge is 2.22. The minimum absolute atomic E-state index is 0.0205. The van der Waals surface area contributed by atoms with E-state index in [1.54, 1.807) is 0 Å². The van der Waals surface area contributed by atoms with Gasteiger partial charge in [0.05, 0.1) is 4.92 Å². The molecule has 0 spiro atoms. The first-order chi connectivity index (χ1) is 9.43. The number of ether oxygens (including phenoxy) is 1. The minimum Gasteiger partial charge on any atom is -0.477 e. The highest BCUT2D eigenvalue weighted by atomic mass is 16.6. The predicted molar refractivity (Wildman–Crippen MR) is 67.3 cm³/mol. The number of nitrogens with two attached hydrogens (primary N) is 1. The molecule has 0 saturated carbocycles. The Morgan fingerprint density at radius 3 is 2.70 bits per heavy atom. The van der Waals surface area contributed by atoms with Gasteiger partial charge < -0.3 is 20.9 Å². The van der Waals surface area contributed by atoms with Crippen molar-refractivity contribution < 1.29 is 24.4 Å². The number of carbonyl (C=O) groups excluding carboxylic acids is 1. The fourth-order valence-corrected chi connectivity index (χ4v) is 1.58. The van der Waals surface area contributed by atoms with Crippen LogP contribution in [0.3, 0.4) is 0 Å². The number of rotatable bonds is 7. The van der Waals surface area contributed by atoms with E-state index >= 15 is 0 Å². The first-order valence-electron chi connectivity index (χ1n) is 5.56. The average molecular weight is 283 g/mol. The normalized spacial score (nSPS) is 10.0. The van der Waals surface area contributed by atoms with E-state index in [-0.39, 0.29) is 30.8 Å². The van der Waals surface area contributed by atoms with E-state index in [1.807, 2.05) is 0 Å². The molecule has 0 fully saturated rings. The second kappa shape index (κ2) is 7.04. The van der Waals surface area contributed by atoms with Crippen molar-refractivity contribution in [1.82, 2.24) is 5.32 Å². The van der Waals surface area contributed by atoms with Crippen LogP contribution in [-0.2, 0) is 11.3 Å². The third-order valence-electron chi connectivity index (χ3n) is 2.38. The molecule has 4 N–H and O–H groups in total. The fourth-order valence-electron chi connectivity index (χ4n) is 1.58. The van der Waals surface area contributed by atoms with Gasteiger partial charge in [0.15, 0.2) is 0 Å². The Kier molecular flexibility index (Phi) is 5.42. The summed E-state index contributed by atoms with van der Waals surface area (Å²) in [6.07, 6.45) is -0.909. The van der Waals surface area contributed by atoms with Gasteiger partial charge in [-0.25, -0.2) is 9.59 Å².